The SMILES string of the molecule is C[C@@H](NC(=O)C1CCN(S(=O)(=O)c2ccccc2)CC1)C(=O)NCCO. The van der Waals surface area contributed by atoms with Crippen molar-refractivity contribution in [2.45, 2.75) is 30.7 Å². The molecule has 8 nitrogen and oxygen atoms in total. The van der Waals surface area contributed by atoms with Gasteiger partial charge in [-0.15, -0.1) is 0 Å². The first kappa shape index (κ1) is 20.3. The summed E-state index contributed by atoms with van der Waals surface area (Å²) in [5.41, 5.74) is 0. The maximum absolute atomic E-state index is 12.6. The quantitative estimate of drug-likeness (QED) is 0.598. The fourth-order valence-corrected chi connectivity index (χ4v) is 4.32. The molecule has 1 aromatic carbocycles. The number of aliphatic hydroxyl groups excluding tert-OH is 1. The Bertz CT molecular complexity index is 715. The minimum atomic E-state index is -3.54. The molecule has 2 amide bonds. The number of hydrogen-bond acceptors (Lipinski definition) is 5. The van der Waals surface area contributed by atoms with Gasteiger partial charge in [-0.2, -0.15) is 4.31 Å². The fraction of sp³-hybridized carbons (Fsp3) is 0.529. The Balaban J connectivity index is 1.88. The fourth-order valence-electron chi connectivity index (χ4n) is 2.83. The van der Waals surface area contributed by atoms with Gasteiger partial charge in [0.1, 0.15) is 6.04 Å². The molecule has 1 heterocycles. The van der Waals surface area contributed by atoms with Crippen molar-refractivity contribution >= 4 is 21.8 Å². The molecule has 0 saturated carbocycles. The predicted molar refractivity (Wildman–Crippen MR) is 95.6 cm³/mol. The van der Waals surface area contributed by atoms with Gasteiger partial charge in [0.15, 0.2) is 0 Å². The van der Waals surface area contributed by atoms with Crippen LogP contribution >= 0.6 is 0 Å². The molecule has 0 spiro atoms. The van der Waals surface area contributed by atoms with Gasteiger partial charge in [-0.1, -0.05) is 18.2 Å². The van der Waals surface area contributed by atoms with Gasteiger partial charge in [-0.25, -0.2) is 8.42 Å². The molecule has 1 atom stereocenters. The number of sulfonamides is 1. The van der Waals surface area contributed by atoms with Crippen molar-refractivity contribution in [3.63, 3.8) is 0 Å². The van der Waals surface area contributed by atoms with E-state index in [4.69, 9.17) is 5.11 Å². The summed E-state index contributed by atoms with van der Waals surface area (Å²) < 4.78 is 26.6. The first-order valence-electron chi connectivity index (χ1n) is 8.60. The standard InChI is InChI=1S/C17H25N3O5S/c1-13(16(22)18-9-12-21)19-17(23)14-7-10-20(11-8-14)26(24,25)15-5-3-2-4-6-15/h2-6,13-14,21H,7-12H2,1H3,(H,18,22)(H,19,23)/t13-/m1/s1. The lowest BCUT2D eigenvalue weighted by molar-refractivity contribution is -0.131. The summed E-state index contributed by atoms with van der Waals surface area (Å²) in [5.74, 6) is -0.949. The average molecular weight is 383 g/mol. The third-order valence-corrected chi connectivity index (χ3v) is 6.28. The molecule has 0 aliphatic carbocycles. The number of hydrogen-bond donors (Lipinski definition) is 3. The predicted octanol–water partition coefficient (Wildman–Crippen LogP) is -0.299. The van der Waals surface area contributed by atoms with Gasteiger partial charge in [-0.05, 0) is 31.9 Å². The van der Waals surface area contributed by atoms with Crippen LogP contribution in [0.25, 0.3) is 0 Å². The maximum Gasteiger partial charge on any atom is 0.243 e. The molecule has 26 heavy (non-hydrogen) atoms. The summed E-state index contributed by atoms with van der Waals surface area (Å²) in [6, 6.07) is 7.52. The first-order chi connectivity index (χ1) is 12.4. The van der Waals surface area contributed by atoms with Crippen molar-refractivity contribution in [3.8, 4) is 0 Å². The van der Waals surface area contributed by atoms with Crippen LogP contribution in [0, 0.1) is 5.92 Å². The molecule has 9 heteroatoms. The lowest BCUT2D eigenvalue weighted by Gasteiger charge is -2.31. The lowest BCUT2D eigenvalue weighted by Crippen LogP contribution is -2.49. The van der Waals surface area contributed by atoms with Crippen molar-refractivity contribution < 1.29 is 23.1 Å². The summed E-state index contributed by atoms with van der Waals surface area (Å²) in [7, 11) is -3.54. The van der Waals surface area contributed by atoms with E-state index in [0.29, 0.717) is 12.8 Å². The highest BCUT2D eigenvalue weighted by Crippen LogP contribution is 2.23. The van der Waals surface area contributed by atoms with Gasteiger partial charge >= 0.3 is 0 Å². The monoisotopic (exact) mass is 383 g/mol. The molecule has 1 saturated heterocycles. The first-order valence-corrected chi connectivity index (χ1v) is 10.0. The van der Waals surface area contributed by atoms with Crippen molar-refractivity contribution in [1.82, 2.24) is 14.9 Å². The molecule has 2 rings (SSSR count). The number of nitrogens with one attached hydrogen (secondary N) is 2. The van der Waals surface area contributed by atoms with E-state index < -0.39 is 16.1 Å². The highest BCUT2D eigenvalue weighted by Gasteiger charge is 2.32. The topological polar surface area (TPSA) is 116 Å². The molecule has 0 bridgehead atoms. The zero-order valence-electron chi connectivity index (χ0n) is 14.7. The minimum absolute atomic E-state index is 0.134. The number of rotatable bonds is 7. The van der Waals surface area contributed by atoms with Crippen LogP contribution in [0.5, 0.6) is 0 Å². The second-order valence-corrected chi connectivity index (χ2v) is 8.17. The van der Waals surface area contributed by atoms with E-state index in [9.17, 15) is 18.0 Å². The Morgan fingerprint density at radius 2 is 1.85 bits per heavy atom. The van der Waals surface area contributed by atoms with Crippen molar-refractivity contribution in [2.75, 3.05) is 26.2 Å². The minimum Gasteiger partial charge on any atom is -0.395 e. The van der Waals surface area contributed by atoms with Crippen molar-refractivity contribution in [3.05, 3.63) is 30.3 Å². The van der Waals surface area contributed by atoms with Crippen LogP contribution in [-0.2, 0) is 19.6 Å². The molecule has 0 radical (unpaired) electrons. The van der Waals surface area contributed by atoms with Gasteiger partial charge in [0.05, 0.1) is 11.5 Å². The van der Waals surface area contributed by atoms with Crippen LogP contribution in [-0.4, -0.2) is 61.9 Å². The molecule has 144 valence electrons. The molecular weight excluding hydrogens is 358 g/mol. The third-order valence-electron chi connectivity index (χ3n) is 4.37. The largest absolute Gasteiger partial charge is 0.395 e. The Morgan fingerprint density at radius 1 is 1.23 bits per heavy atom. The molecule has 1 fully saturated rings. The van der Waals surface area contributed by atoms with Crippen molar-refractivity contribution in [1.29, 1.82) is 0 Å². The summed E-state index contributed by atoms with van der Waals surface area (Å²) in [6.07, 6.45) is 0.811. The summed E-state index contributed by atoms with van der Waals surface area (Å²) in [4.78, 5) is 24.3. The zero-order valence-corrected chi connectivity index (χ0v) is 15.5. The van der Waals surface area contributed by atoms with Crippen LogP contribution in [0.15, 0.2) is 35.2 Å². The van der Waals surface area contributed by atoms with Gasteiger partial charge in [-0.3, -0.25) is 9.59 Å². The second-order valence-electron chi connectivity index (χ2n) is 6.24. The Morgan fingerprint density at radius 3 is 2.42 bits per heavy atom. The Hall–Kier alpha value is -1.97. The van der Waals surface area contributed by atoms with E-state index in [1.165, 1.54) is 4.31 Å². The lowest BCUT2D eigenvalue weighted by atomic mass is 9.97. The maximum atomic E-state index is 12.6. The summed E-state index contributed by atoms with van der Waals surface area (Å²) >= 11 is 0. The zero-order chi connectivity index (χ0) is 19.2. The van der Waals surface area contributed by atoms with Crippen LogP contribution in [0.4, 0.5) is 0 Å². The molecule has 3 N–H and O–H groups in total. The van der Waals surface area contributed by atoms with E-state index in [-0.39, 0.29) is 48.9 Å². The molecule has 0 unspecified atom stereocenters. The van der Waals surface area contributed by atoms with Crippen LogP contribution in [0.1, 0.15) is 19.8 Å². The van der Waals surface area contributed by atoms with Gasteiger partial charge < -0.3 is 15.7 Å². The van der Waals surface area contributed by atoms with Gasteiger partial charge in [0.25, 0.3) is 0 Å². The van der Waals surface area contributed by atoms with Crippen LogP contribution in [0.3, 0.4) is 0 Å². The average Bonchev–Trinajstić information content (AvgIpc) is 2.66. The molecular formula is C17H25N3O5S. The van der Waals surface area contributed by atoms with Gasteiger partial charge in [0.2, 0.25) is 21.8 Å². The summed E-state index contributed by atoms with van der Waals surface area (Å²) in [5, 5.41) is 13.8. The van der Waals surface area contributed by atoms with E-state index in [1.807, 2.05) is 0 Å². The Kier molecular flexibility index (Phi) is 7.13. The number of carbonyl (C=O) groups excluding carboxylic acids is 2. The number of amides is 2. The van der Waals surface area contributed by atoms with Crippen LogP contribution < -0.4 is 10.6 Å². The van der Waals surface area contributed by atoms with E-state index in [0.717, 1.165) is 0 Å². The normalized spacial score (nSPS) is 17.5. The van der Waals surface area contributed by atoms with E-state index in [1.54, 1.807) is 37.3 Å². The van der Waals surface area contributed by atoms with E-state index in [2.05, 4.69) is 10.6 Å². The number of benzene rings is 1. The number of carbonyl (C=O) groups is 2. The smallest absolute Gasteiger partial charge is 0.243 e. The molecule has 0 aromatic heterocycles. The third kappa shape index (κ3) is 5.03. The summed E-state index contributed by atoms with van der Waals surface area (Å²) in [6.45, 7) is 2.07. The molecule has 1 aromatic rings. The van der Waals surface area contributed by atoms with E-state index >= 15 is 0 Å². The Labute approximate surface area is 153 Å². The van der Waals surface area contributed by atoms with Crippen LogP contribution in [0.2, 0.25) is 0 Å². The second kappa shape index (κ2) is 9.11. The molecule has 1 aliphatic heterocycles. The highest BCUT2D eigenvalue weighted by atomic mass is 32.2. The number of piperidine rings is 1. The number of aliphatic hydroxyl groups is 1. The highest BCUT2D eigenvalue weighted by molar-refractivity contribution is 7.89. The molecule has 1 aliphatic rings. The van der Waals surface area contributed by atoms with Gasteiger partial charge in [0, 0.05) is 25.6 Å². The van der Waals surface area contributed by atoms with Crippen molar-refractivity contribution in [2.24, 2.45) is 5.92 Å². The number of nitrogens with zero attached hydrogens (tertiary/aromatic N) is 1.